The summed E-state index contributed by atoms with van der Waals surface area (Å²) in [7, 11) is 0. The van der Waals surface area contributed by atoms with Gasteiger partial charge < -0.3 is 4.98 Å². The van der Waals surface area contributed by atoms with Crippen LogP contribution in [0.15, 0.2) is 35.1 Å². The van der Waals surface area contributed by atoms with Crippen LogP contribution >= 0.6 is 11.6 Å². The molecule has 1 aromatic heterocycles. The summed E-state index contributed by atoms with van der Waals surface area (Å²) in [5.74, 6) is -1.67. The molecule has 0 bridgehead atoms. The molecule has 1 heterocycles. The number of aryl methyl sites for hydroxylation is 1. The van der Waals surface area contributed by atoms with Crippen molar-refractivity contribution in [2.75, 3.05) is 0 Å². The summed E-state index contributed by atoms with van der Waals surface area (Å²) in [5.41, 5.74) is 0.670. The Balaban J connectivity index is 2.40. The van der Waals surface area contributed by atoms with Crippen molar-refractivity contribution in [3.05, 3.63) is 68.3 Å². The fourth-order valence-corrected chi connectivity index (χ4v) is 2.65. The Morgan fingerprint density at radius 2 is 1.91 bits per heavy atom. The molecule has 3 aromatic rings. The maximum absolute atomic E-state index is 13.9. The summed E-state index contributed by atoms with van der Waals surface area (Å²) in [6, 6.07) is 8.42. The van der Waals surface area contributed by atoms with Crippen molar-refractivity contribution < 1.29 is 8.78 Å². The van der Waals surface area contributed by atoms with Crippen molar-refractivity contribution >= 4 is 22.5 Å². The van der Waals surface area contributed by atoms with Gasteiger partial charge in [-0.25, -0.2) is 8.78 Å². The number of nitriles is 1. The average molecular weight is 331 g/mol. The molecule has 0 aliphatic carbocycles. The molecule has 0 aliphatic heterocycles. The predicted octanol–water partition coefficient (Wildman–Crippen LogP) is 4.31. The number of pyridine rings is 1. The van der Waals surface area contributed by atoms with Crippen LogP contribution in [0.1, 0.15) is 11.1 Å². The summed E-state index contributed by atoms with van der Waals surface area (Å²) < 4.78 is 27.6. The number of nitrogens with one attached hydrogen (secondary N) is 1. The minimum atomic E-state index is -0.923. The predicted molar refractivity (Wildman–Crippen MR) is 84.4 cm³/mol. The number of aromatic amines is 1. The first kappa shape index (κ1) is 15.2. The number of halogens is 3. The Morgan fingerprint density at radius 1 is 1.17 bits per heavy atom. The monoisotopic (exact) mass is 330 g/mol. The smallest absolute Gasteiger partial charge is 0.192 e. The zero-order valence-electron chi connectivity index (χ0n) is 11.9. The maximum Gasteiger partial charge on any atom is 0.192 e. The van der Waals surface area contributed by atoms with Gasteiger partial charge in [-0.15, -0.1) is 0 Å². The molecule has 0 amide bonds. The number of nitrogens with zero attached hydrogens (tertiary/aromatic N) is 1. The van der Waals surface area contributed by atoms with Gasteiger partial charge in [-0.3, -0.25) is 4.79 Å². The van der Waals surface area contributed by atoms with E-state index in [4.69, 9.17) is 16.9 Å². The fraction of sp³-hybridized carbons (Fsp3) is 0.0588. The Labute approximate surface area is 134 Å². The number of fused-ring (bicyclic) bond motifs is 1. The largest absolute Gasteiger partial charge is 0.354 e. The number of hydrogen-bond acceptors (Lipinski definition) is 2. The van der Waals surface area contributed by atoms with E-state index in [-0.39, 0.29) is 22.2 Å². The molecule has 3 rings (SSSR count). The third kappa shape index (κ3) is 2.47. The quantitative estimate of drug-likeness (QED) is 0.723. The lowest BCUT2D eigenvalue weighted by Crippen LogP contribution is -2.07. The fourth-order valence-electron chi connectivity index (χ4n) is 2.44. The number of aromatic nitrogens is 1. The van der Waals surface area contributed by atoms with Gasteiger partial charge in [-0.05, 0) is 25.1 Å². The van der Waals surface area contributed by atoms with E-state index in [1.807, 2.05) is 6.07 Å². The third-order valence-corrected chi connectivity index (χ3v) is 3.97. The van der Waals surface area contributed by atoms with Crippen molar-refractivity contribution in [2.24, 2.45) is 0 Å². The van der Waals surface area contributed by atoms with Crippen molar-refractivity contribution in [1.82, 2.24) is 4.98 Å². The SMILES string of the molecule is Cc1c(F)cc(F)c2c(=O)cc(-c3cc(C#N)ccc3Cl)[nH]c12. The van der Waals surface area contributed by atoms with Gasteiger partial charge in [0, 0.05) is 28.3 Å². The molecule has 0 saturated carbocycles. The summed E-state index contributed by atoms with van der Waals surface area (Å²) in [4.78, 5) is 15.1. The van der Waals surface area contributed by atoms with Crippen molar-refractivity contribution in [2.45, 2.75) is 6.92 Å². The Kier molecular flexibility index (Phi) is 3.63. The lowest BCUT2D eigenvalue weighted by atomic mass is 10.0. The normalized spacial score (nSPS) is 10.7. The van der Waals surface area contributed by atoms with Crippen molar-refractivity contribution in [1.29, 1.82) is 5.26 Å². The van der Waals surface area contributed by atoms with Gasteiger partial charge in [-0.1, -0.05) is 11.6 Å². The first-order valence-corrected chi connectivity index (χ1v) is 7.02. The molecule has 3 nitrogen and oxygen atoms in total. The molecular weight excluding hydrogens is 322 g/mol. The van der Waals surface area contributed by atoms with Gasteiger partial charge in [-0.2, -0.15) is 5.26 Å². The van der Waals surface area contributed by atoms with Gasteiger partial charge in [0.2, 0.25) is 0 Å². The van der Waals surface area contributed by atoms with Crippen LogP contribution in [-0.4, -0.2) is 4.98 Å². The molecule has 114 valence electrons. The van der Waals surface area contributed by atoms with Crippen LogP contribution in [0, 0.1) is 29.9 Å². The first-order chi connectivity index (χ1) is 10.9. The van der Waals surface area contributed by atoms with E-state index in [1.165, 1.54) is 31.2 Å². The summed E-state index contributed by atoms with van der Waals surface area (Å²) >= 11 is 6.11. The summed E-state index contributed by atoms with van der Waals surface area (Å²) in [6.07, 6.45) is 0. The van der Waals surface area contributed by atoms with Crippen LogP contribution < -0.4 is 5.43 Å². The van der Waals surface area contributed by atoms with Crippen molar-refractivity contribution in [3.63, 3.8) is 0 Å². The van der Waals surface area contributed by atoms with Crippen LogP contribution in [0.3, 0.4) is 0 Å². The van der Waals surface area contributed by atoms with Crippen LogP contribution in [0.2, 0.25) is 5.02 Å². The molecule has 6 heteroatoms. The van der Waals surface area contributed by atoms with E-state index in [2.05, 4.69) is 4.98 Å². The minimum Gasteiger partial charge on any atom is -0.354 e. The second-order valence-electron chi connectivity index (χ2n) is 5.07. The zero-order chi connectivity index (χ0) is 16.7. The molecule has 0 aliphatic rings. The molecule has 0 radical (unpaired) electrons. The van der Waals surface area contributed by atoms with E-state index in [1.54, 1.807) is 0 Å². The van der Waals surface area contributed by atoms with E-state index in [9.17, 15) is 13.6 Å². The molecule has 23 heavy (non-hydrogen) atoms. The van der Waals surface area contributed by atoms with E-state index in [0.717, 1.165) is 0 Å². The Bertz CT molecular complexity index is 1050. The molecule has 2 aromatic carbocycles. The van der Waals surface area contributed by atoms with Crippen LogP contribution in [0.4, 0.5) is 8.78 Å². The first-order valence-electron chi connectivity index (χ1n) is 6.64. The Morgan fingerprint density at radius 3 is 2.61 bits per heavy atom. The van der Waals surface area contributed by atoms with Gasteiger partial charge in [0.1, 0.15) is 11.6 Å². The second kappa shape index (κ2) is 5.49. The van der Waals surface area contributed by atoms with Crippen LogP contribution in [-0.2, 0) is 0 Å². The number of H-pyrrole nitrogens is 1. The van der Waals surface area contributed by atoms with Gasteiger partial charge >= 0.3 is 0 Å². The highest BCUT2D eigenvalue weighted by Gasteiger charge is 2.15. The summed E-state index contributed by atoms with van der Waals surface area (Å²) in [5, 5.41) is 9.08. The van der Waals surface area contributed by atoms with E-state index < -0.39 is 17.1 Å². The van der Waals surface area contributed by atoms with E-state index >= 15 is 0 Å². The lowest BCUT2D eigenvalue weighted by molar-refractivity contribution is 0.585. The van der Waals surface area contributed by atoms with E-state index in [0.29, 0.717) is 22.2 Å². The molecule has 0 spiro atoms. The second-order valence-corrected chi connectivity index (χ2v) is 5.48. The topological polar surface area (TPSA) is 56.6 Å². The van der Waals surface area contributed by atoms with Gasteiger partial charge in [0.15, 0.2) is 5.43 Å². The molecule has 0 fully saturated rings. The highest BCUT2D eigenvalue weighted by molar-refractivity contribution is 6.33. The van der Waals surface area contributed by atoms with Gasteiger partial charge in [0.25, 0.3) is 0 Å². The maximum atomic E-state index is 13.9. The van der Waals surface area contributed by atoms with Crippen molar-refractivity contribution in [3.8, 4) is 17.3 Å². The Hall–Kier alpha value is -2.71. The highest BCUT2D eigenvalue weighted by Crippen LogP contribution is 2.29. The van der Waals surface area contributed by atoms with Crippen LogP contribution in [0.25, 0.3) is 22.2 Å². The zero-order valence-corrected chi connectivity index (χ0v) is 12.6. The standard InChI is InChI=1S/C17H9ClF2N2O/c1-8-12(19)5-13(20)16-15(23)6-14(22-17(8)16)10-4-9(7-21)2-3-11(10)18/h2-6H,1H3,(H,22,23). The molecule has 0 atom stereocenters. The molecule has 1 N–H and O–H groups in total. The number of benzene rings is 2. The third-order valence-electron chi connectivity index (χ3n) is 3.64. The highest BCUT2D eigenvalue weighted by atomic mass is 35.5. The molecular formula is C17H9ClF2N2O. The molecule has 0 unspecified atom stereocenters. The van der Waals surface area contributed by atoms with Crippen LogP contribution in [0.5, 0.6) is 0 Å². The minimum absolute atomic E-state index is 0.0726. The summed E-state index contributed by atoms with van der Waals surface area (Å²) in [6.45, 7) is 1.45. The number of rotatable bonds is 1. The molecule has 0 saturated heterocycles. The van der Waals surface area contributed by atoms with Gasteiger partial charge in [0.05, 0.1) is 28.2 Å². The average Bonchev–Trinajstić information content (AvgIpc) is 2.52. The lowest BCUT2D eigenvalue weighted by Gasteiger charge is -2.10. The number of hydrogen-bond donors (Lipinski definition) is 1.